The minimum Gasteiger partial charge on any atom is -0.309 e. The minimum absolute atomic E-state index is 0.118. The molecule has 0 aliphatic carbocycles. The number of hydrogen-bond donors (Lipinski definition) is 1. The van der Waals surface area contributed by atoms with E-state index in [0.717, 1.165) is 17.1 Å². The van der Waals surface area contributed by atoms with Crippen molar-refractivity contribution in [3.63, 3.8) is 0 Å². The van der Waals surface area contributed by atoms with Crippen LogP contribution >= 0.6 is 23.1 Å². The molecule has 0 atom stereocenters. The largest absolute Gasteiger partial charge is 0.309 e. The molecule has 3 aromatic carbocycles. The third-order valence-electron chi connectivity index (χ3n) is 5.31. The second-order valence-corrected chi connectivity index (χ2v) is 9.31. The summed E-state index contributed by atoms with van der Waals surface area (Å²) in [7, 11) is 1.94. The lowest BCUT2D eigenvalue weighted by Gasteiger charge is -2.07. The first-order valence-electron chi connectivity index (χ1n) is 10.5. The van der Waals surface area contributed by atoms with Crippen LogP contribution in [0.4, 0.5) is 5.13 Å². The predicted molar refractivity (Wildman–Crippen MR) is 135 cm³/mol. The normalized spacial score (nSPS) is 11.1. The van der Waals surface area contributed by atoms with Gasteiger partial charge in [-0.2, -0.15) is 0 Å². The Morgan fingerprint density at radius 3 is 2.67 bits per heavy atom. The van der Waals surface area contributed by atoms with Gasteiger partial charge >= 0.3 is 0 Å². The number of thioether (sulfide) groups is 1. The molecule has 164 valence electrons. The van der Waals surface area contributed by atoms with Gasteiger partial charge in [0.15, 0.2) is 10.3 Å². The Bertz CT molecular complexity index is 1410. The van der Waals surface area contributed by atoms with Crippen LogP contribution in [0.25, 0.3) is 22.0 Å². The Labute approximate surface area is 199 Å². The van der Waals surface area contributed by atoms with Gasteiger partial charge in [0.05, 0.1) is 11.4 Å². The molecule has 33 heavy (non-hydrogen) atoms. The molecular weight excluding hydrogens is 450 g/mol. The molecule has 8 heteroatoms. The van der Waals surface area contributed by atoms with Crippen molar-refractivity contribution in [2.45, 2.75) is 11.6 Å². The summed E-state index contributed by atoms with van der Waals surface area (Å²) in [4.78, 5) is 17.0. The number of carbonyl (C=O) groups excluding carboxylic acids is 1. The van der Waals surface area contributed by atoms with Gasteiger partial charge in [-0.05, 0) is 16.3 Å². The fourth-order valence-corrected chi connectivity index (χ4v) is 5.07. The van der Waals surface area contributed by atoms with E-state index < -0.39 is 0 Å². The van der Waals surface area contributed by atoms with Gasteiger partial charge in [0.25, 0.3) is 0 Å². The summed E-state index contributed by atoms with van der Waals surface area (Å²) in [6.07, 6.45) is 0.680. The molecule has 1 N–H and O–H groups in total. The van der Waals surface area contributed by atoms with E-state index in [4.69, 9.17) is 0 Å². The van der Waals surface area contributed by atoms with Crippen LogP contribution in [-0.2, 0) is 18.3 Å². The van der Waals surface area contributed by atoms with Crippen molar-refractivity contribution in [1.29, 1.82) is 0 Å². The average molecular weight is 472 g/mol. The second kappa shape index (κ2) is 9.56. The molecule has 0 saturated carbocycles. The highest BCUT2D eigenvalue weighted by Crippen LogP contribution is 2.26. The van der Waals surface area contributed by atoms with E-state index in [0.29, 0.717) is 16.7 Å². The number of benzene rings is 3. The molecule has 1 amide bonds. The summed E-state index contributed by atoms with van der Waals surface area (Å²) in [5, 5.41) is 17.2. The smallest absolute Gasteiger partial charge is 0.236 e. The van der Waals surface area contributed by atoms with Gasteiger partial charge in [0.2, 0.25) is 5.91 Å². The lowest BCUT2D eigenvalue weighted by atomic mass is 10.0. The molecule has 0 aliphatic rings. The number of rotatable bonds is 7. The number of aromatic nitrogens is 4. The maximum absolute atomic E-state index is 12.5. The summed E-state index contributed by atoms with van der Waals surface area (Å²) < 4.78 is 1.95. The molecular formula is C25H21N5OS2. The zero-order valence-corrected chi connectivity index (χ0v) is 19.6. The first-order chi connectivity index (χ1) is 16.2. The number of nitrogens with zero attached hydrogens (tertiary/aromatic N) is 4. The Morgan fingerprint density at radius 1 is 1.00 bits per heavy atom. The first-order valence-corrected chi connectivity index (χ1v) is 12.3. The van der Waals surface area contributed by atoms with E-state index in [-0.39, 0.29) is 11.7 Å². The van der Waals surface area contributed by atoms with Crippen molar-refractivity contribution in [3.8, 4) is 11.3 Å². The van der Waals surface area contributed by atoms with Crippen LogP contribution in [0, 0.1) is 0 Å². The van der Waals surface area contributed by atoms with Crippen LogP contribution in [0.2, 0.25) is 0 Å². The number of hydrogen-bond acceptors (Lipinski definition) is 6. The summed E-state index contributed by atoms with van der Waals surface area (Å²) >= 11 is 2.79. The number of carbonyl (C=O) groups is 1. The molecule has 5 rings (SSSR count). The lowest BCUT2D eigenvalue weighted by Crippen LogP contribution is -2.14. The summed E-state index contributed by atoms with van der Waals surface area (Å²) in [6, 6.07) is 24.5. The van der Waals surface area contributed by atoms with Crippen LogP contribution in [-0.4, -0.2) is 31.4 Å². The second-order valence-electron chi connectivity index (χ2n) is 7.51. The highest BCUT2D eigenvalue weighted by Gasteiger charge is 2.14. The van der Waals surface area contributed by atoms with Gasteiger partial charge in [-0.1, -0.05) is 84.6 Å². The van der Waals surface area contributed by atoms with E-state index in [1.54, 1.807) is 0 Å². The van der Waals surface area contributed by atoms with E-state index in [9.17, 15) is 4.79 Å². The number of nitrogens with one attached hydrogen (secondary N) is 1. The predicted octanol–water partition coefficient (Wildman–Crippen LogP) is 5.41. The fourth-order valence-electron chi connectivity index (χ4n) is 3.60. The zero-order chi connectivity index (χ0) is 22.6. The average Bonchev–Trinajstić information content (AvgIpc) is 3.45. The Balaban J connectivity index is 1.21. The van der Waals surface area contributed by atoms with E-state index in [1.165, 1.54) is 39.4 Å². The zero-order valence-electron chi connectivity index (χ0n) is 17.9. The number of fused-ring (bicyclic) bond motifs is 1. The van der Waals surface area contributed by atoms with Crippen LogP contribution in [0.5, 0.6) is 0 Å². The van der Waals surface area contributed by atoms with Crippen molar-refractivity contribution in [2.75, 3.05) is 11.1 Å². The van der Waals surface area contributed by atoms with E-state index >= 15 is 0 Å². The standard InChI is InChI=1S/C25H21N5OS2/c1-30-22(14-19-12-7-11-17-8-5-6-13-20(17)19)28-29-25(30)33-16-23(31)27-24-26-21(15-32-24)18-9-3-2-4-10-18/h2-13,15H,14,16H2,1H3,(H,26,27,31). The topological polar surface area (TPSA) is 72.7 Å². The SMILES string of the molecule is Cn1c(Cc2cccc3ccccc23)nnc1SCC(=O)Nc1nc(-c2ccccc2)cs1. The minimum atomic E-state index is -0.118. The number of thiazole rings is 1. The van der Waals surface area contributed by atoms with Crippen LogP contribution in [0.1, 0.15) is 11.4 Å². The quantitative estimate of drug-likeness (QED) is 0.321. The summed E-state index contributed by atoms with van der Waals surface area (Å²) in [6.45, 7) is 0. The number of anilines is 1. The number of amides is 1. The molecule has 6 nitrogen and oxygen atoms in total. The molecule has 0 saturated heterocycles. The van der Waals surface area contributed by atoms with Crippen molar-refractivity contribution in [3.05, 3.63) is 89.6 Å². The third kappa shape index (κ3) is 4.81. The molecule has 0 spiro atoms. The Morgan fingerprint density at radius 2 is 1.79 bits per heavy atom. The van der Waals surface area contributed by atoms with Gasteiger partial charge in [-0.3, -0.25) is 4.79 Å². The van der Waals surface area contributed by atoms with E-state index in [1.807, 2.05) is 59.5 Å². The highest BCUT2D eigenvalue weighted by molar-refractivity contribution is 7.99. The van der Waals surface area contributed by atoms with Crippen LogP contribution in [0.15, 0.2) is 83.3 Å². The van der Waals surface area contributed by atoms with Gasteiger partial charge in [0.1, 0.15) is 5.82 Å². The molecule has 0 fully saturated rings. The van der Waals surface area contributed by atoms with E-state index in [2.05, 4.69) is 50.8 Å². The van der Waals surface area contributed by atoms with Crippen molar-refractivity contribution in [1.82, 2.24) is 19.7 Å². The van der Waals surface area contributed by atoms with Gasteiger partial charge < -0.3 is 9.88 Å². The monoisotopic (exact) mass is 471 g/mol. The van der Waals surface area contributed by atoms with Gasteiger partial charge in [-0.15, -0.1) is 21.5 Å². The van der Waals surface area contributed by atoms with Crippen LogP contribution < -0.4 is 5.32 Å². The van der Waals surface area contributed by atoms with Gasteiger partial charge in [-0.25, -0.2) is 4.98 Å². The maximum atomic E-state index is 12.5. The van der Waals surface area contributed by atoms with Crippen molar-refractivity contribution in [2.24, 2.45) is 7.05 Å². The molecule has 0 unspecified atom stereocenters. The lowest BCUT2D eigenvalue weighted by molar-refractivity contribution is -0.113. The molecule has 2 heterocycles. The highest BCUT2D eigenvalue weighted by atomic mass is 32.2. The fraction of sp³-hybridized carbons (Fsp3) is 0.120. The molecule has 0 aliphatic heterocycles. The Hall–Kier alpha value is -3.49. The van der Waals surface area contributed by atoms with Crippen molar-refractivity contribution >= 4 is 44.9 Å². The summed E-state index contributed by atoms with van der Waals surface area (Å²) in [5.41, 5.74) is 3.09. The van der Waals surface area contributed by atoms with Crippen LogP contribution in [0.3, 0.4) is 0 Å². The van der Waals surface area contributed by atoms with Crippen molar-refractivity contribution < 1.29 is 4.79 Å². The molecule has 2 aromatic heterocycles. The molecule has 0 radical (unpaired) electrons. The van der Waals surface area contributed by atoms with Gasteiger partial charge in [0, 0.05) is 24.4 Å². The molecule has 5 aromatic rings. The maximum Gasteiger partial charge on any atom is 0.236 e. The Kier molecular flexibility index (Phi) is 6.19. The summed E-state index contributed by atoms with van der Waals surface area (Å²) in [5.74, 6) is 0.981. The molecule has 0 bridgehead atoms. The third-order valence-corrected chi connectivity index (χ3v) is 7.08. The first kappa shape index (κ1) is 21.4.